The van der Waals surface area contributed by atoms with Crippen molar-refractivity contribution in [2.24, 2.45) is 0 Å². The van der Waals surface area contributed by atoms with Crippen LogP contribution in [0.25, 0.3) is 11.1 Å². The quantitative estimate of drug-likeness (QED) is 0.0958. The lowest BCUT2D eigenvalue weighted by atomic mass is 10.1. The van der Waals surface area contributed by atoms with Gasteiger partial charge in [-0.15, -0.1) is 0 Å². The summed E-state index contributed by atoms with van der Waals surface area (Å²) in [6.07, 6.45) is -10.3. The molecule has 0 aliphatic carbocycles. The minimum atomic E-state index is -5.13. The monoisotopic (exact) mass is 654 g/mol. The Morgan fingerprint density at radius 1 is 0.457 bits per heavy atom. The van der Waals surface area contributed by atoms with Crippen LogP contribution in [-0.4, -0.2) is 19.7 Å². The lowest BCUT2D eigenvalue weighted by molar-refractivity contribution is -0.396. The van der Waals surface area contributed by atoms with E-state index in [1.807, 2.05) is 0 Å². The summed E-state index contributed by atoms with van der Waals surface area (Å²) in [4.78, 5) is 40.6. The van der Waals surface area contributed by atoms with Crippen molar-refractivity contribution >= 4 is 22.7 Å². The molecule has 0 saturated carbocycles. The maximum Gasteiger partial charge on any atom is 0.416 e. The number of nitro benzene ring substituents is 4. The largest absolute Gasteiger partial charge is 0.444 e. The third kappa shape index (κ3) is 6.90. The number of nitrogens with zero attached hydrogens (tertiary/aromatic N) is 4. The molecule has 0 atom stereocenters. The zero-order valence-electron chi connectivity index (χ0n) is 22.1. The van der Waals surface area contributed by atoms with Gasteiger partial charge in [-0.25, -0.2) is 0 Å². The molecule has 4 aromatic rings. The van der Waals surface area contributed by atoms with Crippen LogP contribution < -0.4 is 9.47 Å². The molecule has 4 aromatic carbocycles. The van der Waals surface area contributed by atoms with Gasteiger partial charge in [-0.3, -0.25) is 40.5 Å². The average molecular weight is 654 g/mol. The molecule has 4 rings (SSSR count). The second-order valence-corrected chi connectivity index (χ2v) is 8.96. The van der Waals surface area contributed by atoms with E-state index in [2.05, 4.69) is 0 Å². The summed E-state index contributed by atoms with van der Waals surface area (Å²) in [5.74, 6) is -2.58. The van der Waals surface area contributed by atoms with Crippen LogP contribution >= 0.6 is 0 Å². The highest BCUT2D eigenvalue weighted by atomic mass is 19.4. The molecule has 0 saturated heterocycles. The van der Waals surface area contributed by atoms with E-state index in [1.165, 1.54) is 48.5 Å². The van der Waals surface area contributed by atoms with Crippen molar-refractivity contribution in [3.63, 3.8) is 0 Å². The first-order valence-electron chi connectivity index (χ1n) is 12.0. The molecule has 0 aliphatic rings. The van der Waals surface area contributed by atoms with Crippen molar-refractivity contribution < 1.29 is 55.5 Å². The fourth-order valence-corrected chi connectivity index (χ4v) is 3.94. The van der Waals surface area contributed by atoms with Crippen molar-refractivity contribution in [2.45, 2.75) is 12.4 Å². The van der Waals surface area contributed by atoms with Crippen molar-refractivity contribution in [3.05, 3.63) is 124 Å². The molecule has 0 aromatic heterocycles. The summed E-state index contributed by atoms with van der Waals surface area (Å²) >= 11 is 0. The lowest BCUT2D eigenvalue weighted by Crippen LogP contribution is -2.08. The predicted molar refractivity (Wildman–Crippen MR) is 142 cm³/mol. The van der Waals surface area contributed by atoms with E-state index in [0.717, 1.165) is 0 Å². The van der Waals surface area contributed by atoms with Gasteiger partial charge in [-0.1, -0.05) is 24.3 Å². The smallest absolute Gasteiger partial charge is 0.416 e. The molecule has 238 valence electrons. The third-order valence-corrected chi connectivity index (χ3v) is 6.02. The zero-order valence-corrected chi connectivity index (χ0v) is 22.1. The second kappa shape index (κ2) is 12.0. The van der Waals surface area contributed by atoms with Crippen LogP contribution in [0.1, 0.15) is 11.1 Å². The Kier molecular flexibility index (Phi) is 8.48. The van der Waals surface area contributed by atoms with Crippen molar-refractivity contribution in [1.29, 1.82) is 0 Å². The van der Waals surface area contributed by atoms with Gasteiger partial charge in [0, 0.05) is 24.3 Å². The van der Waals surface area contributed by atoms with Gasteiger partial charge in [0.2, 0.25) is 0 Å². The minimum Gasteiger partial charge on any atom is -0.444 e. The van der Waals surface area contributed by atoms with Gasteiger partial charge >= 0.3 is 35.1 Å². The van der Waals surface area contributed by atoms with Crippen molar-refractivity contribution in [3.8, 4) is 34.1 Å². The van der Waals surface area contributed by atoms with E-state index in [-0.39, 0.29) is 35.8 Å². The zero-order chi connectivity index (χ0) is 34.1. The van der Waals surface area contributed by atoms with Crippen LogP contribution in [0.15, 0.2) is 72.8 Å². The molecule has 0 bridgehead atoms. The van der Waals surface area contributed by atoms with E-state index < -0.39 is 77.4 Å². The fraction of sp³-hybridized carbons (Fsp3) is 0.0769. The van der Waals surface area contributed by atoms with Crippen LogP contribution in [-0.2, 0) is 12.4 Å². The Bertz CT molecular complexity index is 1670. The highest BCUT2D eigenvalue weighted by Crippen LogP contribution is 2.46. The molecule has 46 heavy (non-hydrogen) atoms. The molecule has 0 amide bonds. The number of nitro groups is 4. The molecule has 14 nitrogen and oxygen atoms in total. The number of benzene rings is 4. The van der Waals surface area contributed by atoms with Crippen LogP contribution in [0.2, 0.25) is 0 Å². The first-order valence-corrected chi connectivity index (χ1v) is 12.0. The molecular weight excluding hydrogens is 642 g/mol. The number of rotatable bonds is 9. The average Bonchev–Trinajstić information content (AvgIpc) is 2.96. The molecule has 0 N–H and O–H groups in total. The van der Waals surface area contributed by atoms with Crippen LogP contribution in [0.3, 0.4) is 0 Å². The topological polar surface area (TPSA) is 191 Å². The summed E-state index contributed by atoms with van der Waals surface area (Å²) in [6, 6.07) is 10.5. The summed E-state index contributed by atoms with van der Waals surface area (Å²) in [7, 11) is 0. The standard InChI is InChI=1S/C26H12F6N4O10/c27-25(28,29)15-9-19(33(37)38)23(20(10-15)34(39)40)45-17-5-1-13(2-6-17)14-3-7-18(8-4-14)46-24-21(35(41)42)11-16(26(30,31)32)12-22(24)36(43)44/h1-12H. The van der Waals surface area contributed by atoms with Crippen molar-refractivity contribution in [1.82, 2.24) is 0 Å². The molecule has 0 unspecified atom stereocenters. The number of hydrogen-bond acceptors (Lipinski definition) is 10. The highest BCUT2D eigenvalue weighted by Gasteiger charge is 2.40. The van der Waals surface area contributed by atoms with Gasteiger partial charge in [0.25, 0.3) is 11.5 Å². The maximum absolute atomic E-state index is 13.1. The second-order valence-electron chi connectivity index (χ2n) is 8.96. The number of hydrogen-bond donors (Lipinski definition) is 0. The molecule has 0 spiro atoms. The van der Waals surface area contributed by atoms with Crippen LogP contribution in [0.5, 0.6) is 23.0 Å². The lowest BCUT2D eigenvalue weighted by Gasteiger charge is -2.12. The molecular formula is C26H12F6N4O10. The summed E-state index contributed by atoms with van der Waals surface area (Å²) in [5.41, 5.74) is -7.73. The minimum absolute atomic E-state index is 0.0915. The summed E-state index contributed by atoms with van der Waals surface area (Å²) < 4.78 is 89.3. The molecule has 0 fully saturated rings. The predicted octanol–water partition coefficient (Wildman–Crippen LogP) is 8.61. The van der Waals surface area contributed by atoms with Crippen LogP contribution in [0.4, 0.5) is 49.1 Å². The van der Waals surface area contributed by atoms with Crippen molar-refractivity contribution in [2.75, 3.05) is 0 Å². The fourth-order valence-electron chi connectivity index (χ4n) is 3.94. The van der Waals surface area contributed by atoms with Crippen LogP contribution in [0, 0.1) is 40.5 Å². The number of alkyl halides is 6. The first kappa shape index (κ1) is 32.6. The number of halogens is 6. The highest BCUT2D eigenvalue weighted by molar-refractivity contribution is 5.68. The Hall–Kier alpha value is -6.34. The molecule has 0 heterocycles. The third-order valence-electron chi connectivity index (χ3n) is 6.02. The summed E-state index contributed by atoms with van der Waals surface area (Å²) in [6.45, 7) is 0. The Labute approximate surface area is 249 Å². The molecule has 20 heteroatoms. The molecule has 0 radical (unpaired) electrons. The van der Waals surface area contributed by atoms with E-state index in [9.17, 15) is 66.8 Å². The SMILES string of the molecule is O=[N+]([O-])c1cc(C(F)(F)F)cc([N+](=O)[O-])c1Oc1ccc(-c2ccc(Oc3c([N+](=O)[O-])cc(C(F)(F)F)cc3[N+](=O)[O-])cc2)cc1. The van der Waals surface area contributed by atoms with Gasteiger partial charge < -0.3 is 9.47 Å². The van der Waals surface area contributed by atoms with E-state index in [4.69, 9.17) is 9.47 Å². The Morgan fingerprint density at radius 2 is 0.696 bits per heavy atom. The van der Waals surface area contributed by atoms with Gasteiger partial charge in [-0.05, 0) is 35.4 Å². The van der Waals surface area contributed by atoms with Gasteiger partial charge in [-0.2, -0.15) is 26.3 Å². The van der Waals surface area contributed by atoms with Gasteiger partial charge in [0.1, 0.15) is 11.5 Å². The Morgan fingerprint density at radius 3 is 0.891 bits per heavy atom. The van der Waals surface area contributed by atoms with E-state index >= 15 is 0 Å². The normalized spacial score (nSPS) is 11.5. The van der Waals surface area contributed by atoms with Gasteiger partial charge in [0.15, 0.2) is 0 Å². The van der Waals surface area contributed by atoms with E-state index in [1.54, 1.807) is 0 Å². The summed E-state index contributed by atoms with van der Waals surface area (Å²) in [5, 5.41) is 45.7. The maximum atomic E-state index is 13.1. The van der Waals surface area contributed by atoms with E-state index in [0.29, 0.717) is 11.1 Å². The van der Waals surface area contributed by atoms with Gasteiger partial charge in [0.05, 0.1) is 30.8 Å². The molecule has 0 aliphatic heterocycles. The number of ether oxygens (including phenoxy) is 2. The Balaban J connectivity index is 1.62. The first-order chi connectivity index (χ1) is 21.4.